The molecule has 146 valence electrons. The second-order valence-corrected chi connectivity index (χ2v) is 7.89. The molecule has 5 nitrogen and oxygen atoms in total. The summed E-state index contributed by atoms with van der Waals surface area (Å²) in [6.45, 7) is 1.76. The molecule has 0 atom stereocenters. The molecule has 0 aliphatic heterocycles. The Labute approximate surface area is 177 Å². The van der Waals surface area contributed by atoms with Crippen molar-refractivity contribution < 1.29 is 23.5 Å². The first kappa shape index (κ1) is 20.6. The zero-order valence-corrected chi connectivity index (χ0v) is 17.7. The number of carbonyl (C=O) groups is 2. The Bertz CT molecular complexity index is 1090. The number of ether oxygens (including phenoxy) is 2. The van der Waals surface area contributed by atoms with Crippen molar-refractivity contribution in [3.05, 3.63) is 61.6 Å². The maximum absolute atomic E-state index is 14.3. The lowest BCUT2D eigenvalue weighted by atomic mass is 10.1. The third kappa shape index (κ3) is 3.85. The fraction of sp³-hybridized carbons (Fsp3) is 0.158. The highest BCUT2D eigenvalue weighted by Gasteiger charge is 2.23. The van der Waals surface area contributed by atoms with Crippen LogP contribution in [-0.4, -0.2) is 18.5 Å². The molecule has 2 aromatic carbocycles. The van der Waals surface area contributed by atoms with Crippen molar-refractivity contribution in [2.75, 3.05) is 6.61 Å². The monoisotopic (exact) mass is 485 g/mol. The minimum atomic E-state index is -0.729. The van der Waals surface area contributed by atoms with Crippen LogP contribution in [0.4, 0.5) is 4.39 Å². The third-order valence-electron chi connectivity index (χ3n) is 3.90. The predicted octanol–water partition coefficient (Wildman–Crippen LogP) is 5.31. The second kappa shape index (κ2) is 8.46. The Morgan fingerprint density at radius 2 is 2.04 bits per heavy atom. The average Bonchev–Trinajstić information content (AvgIpc) is 3.01. The van der Waals surface area contributed by atoms with Crippen LogP contribution in [0.5, 0.6) is 5.75 Å². The summed E-state index contributed by atoms with van der Waals surface area (Å²) in [6, 6.07) is 7.63. The van der Waals surface area contributed by atoms with Gasteiger partial charge in [-0.15, -0.1) is 11.3 Å². The Morgan fingerprint density at radius 1 is 1.29 bits per heavy atom. The van der Waals surface area contributed by atoms with Gasteiger partial charge < -0.3 is 15.2 Å². The van der Waals surface area contributed by atoms with Crippen LogP contribution in [0, 0.1) is 5.82 Å². The minimum absolute atomic E-state index is 0.0789. The highest BCUT2D eigenvalue weighted by Crippen LogP contribution is 2.38. The number of carbonyl (C=O) groups excluding carboxylic acids is 2. The Hall–Kier alpha value is -2.16. The molecule has 0 saturated carbocycles. The lowest BCUT2D eigenvalue weighted by Crippen LogP contribution is -2.13. The molecule has 1 amide bonds. The molecule has 28 heavy (non-hydrogen) atoms. The number of benzene rings is 2. The van der Waals surface area contributed by atoms with E-state index < -0.39 is 17.7 Å². The summed E-state index contributed by atoms with van der Waals surface area (Å²) in [5, 5.41) is 1.08. The molecule has 1 aromatic heterocycles. The van der Waals surface area contributed by atoms with Crippen molar-refractivity contribution >= 4 is 60.8 Å². The summed E-state index contributed by atoms with van der Waals surface area (Å²) in [6.07, 6.45) is 0. The maximum Gasteiger partial charge on any atom is 0.348 e. The molecule has 0 saturated heterocycles. The number of fused-ring (bicyclic) bond motifs is 1. The van der Waals surface area contributed by atoms with Crippen molar-refractivity contribution in [3.8, 4) is 5.75 Å². The number of thiophene rings is 1. The lowest BCUT2D eigenvalue weighted by molar-refractivity contribution is 0.0529. The fourth-order valence-corrected chi connectivity index (χ4v) is 4.77. The van der Waals surface area contributed by atoms with Crippen LogP contribution in [0.25, 0.3) is 10.1 Å². The highest BCUT2D eigenvalue weighted by molar-refractivity contribution is 9.10. The predicted molar refractivity (Wildman–Crippen MR) is 110 cm³/mol. The van der Waals surface area contributed by atoms with Crippen LogP contribution in [0.3, 0.4) is 0 Å². The van der Waals surface area contributed by atoms with Crippen LogP contribution in [0.1, 0.15) is 32.5 Å². The third-order valence-corrected chi connectivity index (χ3v) is 6.18. The summed E-state index contributed by atoms with van der Waals surface area (Å²) < 4.78 is 25.9. The van der Waals surface area contributed by atoms with Gasteiger partial charge in [-0.2, -0.15) is 0 Å². The van der Waals surface area contributed by atoms with E-state index in [1.165, 1.54) is 17.4 Å². The molecular weight excluding hydrogens is 473 g/mol. The number of primary amides is 1. The van der Waals surface area contributed by atoms with E-state index in [1.807, 2.05) is 6.07 Å². The summed E-state index contributed by atoms with van der Waals surface area (Å²) in [5.41, 5.74) is 5.86. The van der Waals surface area contributed by atoms with Crippen molar-refractivity contribution in [1.82, 2.24) is 0 Å². The lowest BCUT2D eigenvalue weighted by Gasteiger charge is -2.12. The van der Waals surface area contributed by atoms with Gasteiger partial charge in [-0.1, -0.05) is 17.7 Å². The molecule has 0 spiro atoms. The van der Waals surface area contributed by atoms with Gasteiger partial charge in [-0.3, -0.25) is 4.79 Å². The molecule has 0 aliphatic carbocycles. The van der Waals surface area contributed by atoms with Crippen LogP contribution in [0.15, 0.2) is 34.8 Å². The number of hydrogen-bond acceptors (Lipinski definition) is 5. The topological polar surface area (TPSA) is 78.6 Å². The highest BCUT2D eigenvalue weighted by atomic mass is 79.9. The Kier molecular flexibility index (Phi) is 6.22. The van der Waals surface area contributed by atoms with E-state index >= 15 is 0 Å². The molecule has 0 aliphatic rings. The average molecular weight is 487 g/mol. The van der Waals surface area contributed by atoms with Crippen molar-refractivity contribution in [2.24, 2.45) is 5.73 Å². The first-order chi connectivity index (χ1) is 13.3. The molecule has 0 fully saturated rings. The Morgan fingerprint density at radius 3 is 2.71 bits per heavy atom. The van der Waals surface area contributed by atoms with E-state index in [0.717, 1.165) is 10.8 Å². The molecule has 1 heterocycles. The van der Waals surface area contributed by atoms with Gasteiger partial charge in [0.2, 0.25) is 5.91 Å². The van der Waals surface area contributed by atoms with E-state index in [2.05, 4.69) is 15.9 Å². The number of halogens is 3. The quantitative estimate of drug-likeness (QED) is 0.479. The van der Waals surface area contributed by atoms with Gasteiger partial charge in [0, 0.05) is 20.7 Å². The number of rotatable bonds is 6. The largest absolute Gasteiger partial charge is 0.485 e. The first-order valence-electron chi connectivity index (χ1n) is 8.12. The van der Waals surface area contributed by atoms with Crippen molar-refractivity contribution in [1.29, 1.82) is 0 Å². The summed E-state index contributed by atoms with van der Waals surface area (Å²) in [5.74, 6) is -2.10. The summed E-state index contributed by atoms with van der Waals surface area (Å²) >= 11 is 10.7. The first-order valence-corrected chi connectivity index (χ1v) is 10.1. The smallest absolute Gasteiger partial charge is 0.348 e. The van der Waals surface area contributed by atoms with E-state index in [4.69, 9.17) is 26.8 Å². The van der Waals surface area contributed by atoms with Crippen LogP contribution < -0.4 is 10.5 Å². The SMILES string of the molecule is CCOC(=O)c1sc2cccc(Cl)c2c1COc1c(F)ccc(C(N)=O)c1Br. The number of nitrogens with two attached hydrogens (primary N) is 1. The zero-order valence-electron chi connectivity index (χ0n) is 14.6. The molecular formula is C19H14BrClFNO4S. The zero-order chi connectivity index (χ0) is 20.4. The van der Waals surface area contributed by atoms with Crippen LogP contribution >= 0.6 is 38.9 Å². The van der Waals surface area contributed by atoms with Crippen LogP contribution in [0.2, 0.25) is 5.02 Å². The van der Waals surface area contributed by atoms with Gasteiger partial charge in [0.25, 0.3) is 0 Å². The van der Waals surface area contributed by atoms with Gasteiger partial charge in [-0.25, -0.2) is 9.18 Å². The standard InChI is InChI=1S/C19H14BrClFNO4S/c1-2-26-19(25)17-10(14-11(21)4-3-5-13(14)28-17)8-27-16-12(22)7-6-9(15(16)20)18(23)24/h3-7H,2,8H2,1H3,(H2,23,24). The molecule has 3 rings (SSSR count). The Balaban J connectivity index is 2.06. The van der Waals surface area contributed by atoms with E-state index in [9.17, 15) is 14.0 Å². The molecule has 2 N–H and O–H groups in total. The normalized spacial score (nSPS) is 10.9. The molecule has 0 radical (unpaired) electrons. The van der Waals surface area contributed by atoms with Gasteiger partial charge in [0.15, 0.2) is 11.6 Å². The van der Waals surface area contributed by atoms with Gasteiger partial charge in [0.05, 0.1) is 16.6 Å². The van der Waals surface area contributed by atoms with Gasteiger partial charge in [0.1, 0.15) is 11.5 Å². The maximum atomic E-state index is 14.3. The van der Waals surface area contributed by atoms with Crippen molar-refractivity contribution in [2.45, 2.75) is 13.5 Å². The molecule has 0 unspecified atom stereocenters. The molecule has 0 bridgehead atoms. The molecule has 3 aromatic rings. The summed E-state index contributed by atoms with van der Waals surface area (Å²) in [4.78, 5) is 24.2. The molecule has 9 heteroatoms. The number of esters is 1. The van der Waals surface area contributed by atoms with Crippen molar-refractivity contribution in [3.63, 3.8) is 0 Å². The van der Waals surface area contributed by atoms with Gasteiger partial charge in [-0.05, 0) is 47.1 Å². The van der Waals surface area contributed by atoms with E-state index in [0.29, 0.717) is 20.8 Å². The second-order valence-electron chi connectivity index (χ2n) is 5.63. The van der Waals surface area contributed by atoms with E-state index in [1.54, 1.807) is 19.1 Å². The number of amides is 1. The van der Waals surface area contributed by atoms with E-state index in [-0.39, 0.29) is 29.0 Å². The minimum Gasteiger partial charge on any atom is -0.485 e. The van der Waals surface area contributed by atoms with Crippen LogP contribution in [-0.2, 0) is 11.3 Å². The van der Waals surface area contributed by atoms with Gasteiger partial charge >= 0.3 is 5.97 Å². The number of hydrogen-bond donors (Lipinski definition) is 1. The summed E-state index contributed by atoms with van der Waals surface area (Å²) in [7, 11) is 0. The fourth-order valence-electron chi connectivity index (χ4n) is 2.67.